The highest BCUT2D eigenvalue weighted by atomic mass is 79.9. The zero-order valence-corrected chi connectivity index (χ0v) is 18.7. The molecule has 5 nitrogen and oxygen atoms in total. The normalized spacial score (nSPS) is 15.5. The molecule has 0 atom stereocenters. The number of carbonyl (C=O) groups excluding carboxylic acids is 1. The van der Waals surface area contributed by atoms with E-state index in [0.29, 0.717) is 29.2 Å². The Kier molecular flexibility index (Phi) is 7.05. The van der Waals surface area contributed by atoms with Crippen LogP contribution in [0.25, 0.3) is 10.9 Å². The minimum absolute atomic E-state index is 0.147. The highest BCUT2D eigenvalue weighted by Gasteiger charge is 2.29. The number of aromatic nitrogens is 1. The predicted octanol–water partition coefficient (Wildman–Crippen LogP) is 5.63. The molecule has 2 aromatic rings. The summed E-state index contributed by atoms with van der Waals surface area (Å²) in [4.78, 5) is 15.3. The molecule has 0 bridgehead atoms. The second-order valence-electron chi connectivity index (χ2n) is 7.49. The molecule has 0 aliphatic heterocycles. The van der Waals surface area contributed by atoms with Crippen LogP contribution in [0.2, 0.25) is 0 Å². The molecule has 154 valence electrons. The van der Waals surface area contributed by atoms with Crippen molar-refractivity contribution < 1.29 is 14.6 Å². The zero-order valence-electron chi connectivity index (χ0n) is 17.1. The number of ether oxygens (including phenoxy) is 1. The van der Waals surface area contributed by atoms with Gasteiger partial charge in [0.05, 0.1) is 22.2 Å². The van der Waals surface area contributed by atoms with Crippen molar-refractivity contribution in [2.24, 2.45) is 0 Å². The number of nitrogens with zero attached hydrogens (tertiary/aromatic N) is 2. The van der Waals surface area contributed by atoms with Gasteiger partial charge in [-0.15, -0.1) is 0 Å². The van der Waals surface area contributed by atoms with Gasteiger partial charge in [0, 0.05) is 23.7 Å². The molecule has 1 aliphatic rings. The smallest absolute Gasteiger partial charge is 0.340 e. The molecule has 6 heteroatoms. The first-order valence-corrected chi connectivity index (χ1v) is 11.3. The van der Waals surface area contributed by atoms with Crippen LogP contribution in [-0.4, -0.2) is 40.2 Å². The van der Waals surface area contributed by atoms with Crippen LogP contribution in [0.4, 0.5) is 0 Å². The van der Waals surface area contributed by atoms with E-state index in [1.54, 1.807) is 6.07 Å². The Balaban J connectivity index is 2.28. The lowest BCUT2D eigenvalue weighted by Crippen LogP contribution is -2.27. The molecular weight excluding hydrogens is 420 g/mol. The number of esters is 1. The number of phenols is 1. The van der Waals surface area contributed by atoms with Crippen LogP contribution < -0.4 is 0 Å². The highest BCUT2D eigenvalue weighted by Crippen LogP contribution is 2.40. The Morgan fingerprint density at radius 2 is 1.89 bits per heavy atom. The molecule has 1 saturated carbocycles. The molecule has 1 aliphatic carbocycles. The topological polar surface area (TPSA) is 54.7 Å². The van der Waals surface area contributed by atoms with Crippen molar-refractivity contribution in [2.45, 2.75) is 65.5 Å². The van der Waals surface area contributed by atoms with Crippen LogP contribution in [0.1, 0.15) is 75.0 Å². The molecule has 0 radical (unpaired) electrons. The fraction of sp³-hybridized carbons (Fsp3) is 0.591. The summed E-state index contributed by atoms with van der Waals surface area (Å²) in [7, 11) is 0. The molecule has 0 saturated heterocycles. The van der Waals surface area contributed by atoms with Gasteiger partial charge in [0.2, 0.25) is 0 Å². The quantitative estimate of drug-likeness (QED) is 0.554. The Morgan fingerprint density at radius 3 is 2.50 bits per heavy atom. The first kappa shape index (κ1) is 21.2. The highest BCUT2D eigenvalue weighted by molar-refractivity contribution is 9.10. The van der Waals surface area contributed by atoms with E-state index >= 15 is 0 Å². The SMILES string of the molecule is CCOC(=O)c1c(CN(CC)CC)n(C2CCCCC2)c2cc(Br)c(O)cc12. The first-order valence-electron chi connectivity index (χ1n) is 10.5. The van der Waals surface area contributed by atoms with E-state index in [-0.39, 0.29) is 11.7 Å². The fourth-order valence-corrected chi connectivity index (χ4v) is 4.71. The lowest BCUT2D eigenvalue weighted by atomic mass is 9.95. The maximum absolute atomic E-state index is 13.0. The van der Waals surface area contributed by atoms with E-state index in [1.165, 1.54) is 19.3 Å². The Morgan fingerprint density at radius 1 is 1.21 bits per heavy atom. The third-order valence-corrected chi connectivity index (χ3v) is 6.50. The minimum Gasteiger partial charge on any atom is -0.507 e. The van der Waals surface area contributed by atoms with E-state index < -0.39 is 0 Å². The molecule has 1 heterocycles. The molecular formula is C22H31BrN2O3. The van der Waals surface area contributed by atoms with Gasteiger partial charge in [-0.2, -0.15) is 0 Å². The van der Waals surface area contributed by atoms with E-state index in [1.807, 2.05) is 13.0 Å². The Hall–Kier alpha value is -1.53. The molecule has 28 heavy (non-hydrogen) atoms. The lowest BCUT2D eigenvalue weighted by Gasteiger charge is -2.28. The number of carbonyl (C=O) groups is 1. The van der Waals surface area contributed by atoms with Gasteiger partial charge >= 0.3 is 5.97 Å². The summed E-state index contributed by atoms with van der Waals surface area (Å²) in [6.45, 7) is 8.98. The van der Waals surface area contributed by atoms with Crippen LogP contribution in [0.5, 0.6) is 5.75 Å². The van der Waals surface area contributed by atoms with Gasteiger partial charge in [-0.25, -0.2) is 4.79 Å². The summed E-state index contributed by atoms with van der Waals surface area (Å²) in [6, 6.07) is 4.03. The molecule has 1 N–H and O–H groups in total. The second kappa shape index (κ2) is 9.31. The number of aromatic hydroxyl groups is 1. The number of rotatable bonds is 7. The second-order valence-corrected chi connectivity index (χ2v) is 8.34. The van der Waals surface area contributed by atoms with Crippen molar-refractivity contribution in [1.29, 1.82) is 0 Å². The van der Waals surface area contributed by atoms with E-state index in [0.717, 1.165) is 42.5 Å². The van der Waals surface area contributed by atoms with E-state index in [2.05, 4.69) is 39.2 Å². The summed E-state index contributed by atoms with van der Waals surface area (Å²) >= 11 is 3.46. The van der Waals surface area contributed by atoms with Crippen molar-refractivity contribution in [3.63, 3.8) is 0 Å². The number of benzene rings is 1. The maximum atomic E-state index is 13.0. The van der Waals surface area contributed by atoms with E-state index in [9.17, 15) is 9.90 Å². The maximum Gasteiger partial charge on any atom is 0.340 e. The van der Waals surface area contributed by atoms with Gasteiger partial charge in [-0.1, -0.05) is 33.1 Å². The van der Waals surface area contributed by atoms with Gasteiger partial charge in [0.1, 0.15) is 5.75 Å². The van der Waals surface area contributed by atoms with Gasteiger partial charge in [-0.05, 0) is 60.9 Å². The molecule has 0 unspecified atom stereocenters. The van der Waals surface area contributed by atoms with Crippen LogP contribution >= 0.6 is 15.9 Å². The van der Waals surface area contributed by atoms with Crippen LogP contribution in [0.15, 0.2) is 16.6 Å². The summed E-state index contributed by atoms with van der Waals surface area (Å²) in [6.07, 6.45) is 5.94. The van der Waals surface area contributed by atoms with Gasteiger partial charge < -0.3 is 14.4 Å². The number of hydrogen-bond acceptors (Lipinski definition) is 4. The Labute approximate surface area is 175 Å². The largest absolute Gasteiger partial charge is 0.507 e. The van der Waals surface area contributed by atoms with Gasteiger partial charge in [-0.3, -0.25) is 4.90 Å². The average Bonchev–Trinajstić information content (AvgIpc) is 3.00. The number of hydrogen-bond donors (Lipinski definition) is 1. The lowest BCUT2D eigenvalue weighted by molar-refractivity contribution is 0.0525. The van der Waals surface area contributed by atoms with Crippen molar-refractivity contribution in [2.75, 3.05) is 19.7 Å². The summed E-state index contributed by atoms with van der Waals surface area (Å²) in [5.74, 6) is -0.154. The third kappa shape index (κ3) is 4.08. The van der Waals surface area contributed by atoms with Gasteiger partial charge in [0.25, 0.3) is 0 Å². The summed E-state index contributed by atoms with van der Waals surface area (Å²) in [5, 5.41) is 11.1. The molecule has 1 fully saturated rings. The number of phenolic OH excluding ortho intramolecular Hbond substituents is 1. The van der Waals surface area contributed by atoms with Crippen LogP contribution in [0, 0.1) is 0 Å². The monoisotopic (exact) mass is 450 g/mol. The fourth-order valence-electron chi connectivity index (χ4n) is 4.37. The minimum atomic E-state index is -0.300. The zero-order chi connectivity index (χ0) is 20.3. The standard InChI is InChI=1S/C22H31BrN2O3/c1-4-24(5-2)14-19-21(22(27)28-6-3)16-12-20(26)17(23)13-18(16)25(19)15-10-8-7-9-11-15/h12-13,15,26H,4-11,14H2,1-3H3. The Bertz CT molecular complexity index is 836. The van der Waals surface area contributed by atoms with Crippen molar-refractivity contribution in [3.05, 3.63) is 27.9 Å². The predicted molar refractivity (Wildman–Crippen MR) is 116 cm³/mol. The molecule has 0 spiro atoms. The molecule has 1 aromatic carbocycles. The molecule has 1 aromatic heterocycles. The van der Waals surface area contributed by atoms with Crippen molar-refractivity contribution >= 4 is 32.8 Å². The van der Waals surface area contributed by atoms with Crippen LogP contribution in [0.3, 0.4) is 0 Å². The first-order chi connectivity index (χ1) is 13.5. The van der Waals surface area contributed by atoms with Crippen molar-refractivity contribution in [1.82, 2.24) is 9.47 Å². The number of halogens is 1. The van der Waals surface area contributed by atoms with E-state index in [4.69, 9.17) is 4.74 Å². The average molecular weight is 451 g/mol. The van der Waals surface area contributed by atoms with Crippen LogP contribution in [-0.2, 0) is 11.3 Å². The van der Waals surface area contributed by atoms with Crippen molar-refractivity contribution in [3.8, 4) is 5.75 Å². The third-order valence-electron chi connectivity index (χ3n) is 5.86. The molecule has 0 amide bonds. The molecule has 3 rings (SSSR count). The number of fused-ring (bicyclic) bond motifs is 1. The summed E-state index contributed by atoms with van der Waals surface area (Å²) in [5.41, 5.74) is 2.63. The van der Waals surface area contributed by atoms with Gasteiger partial charge in [0.15, 0.2) is 0 Å². The summed E-state index contributed by atoms with van der Waals surface area (Å²) < 4.78 is 8.45.